The highest BCUT2D eigenvalue weighted by Gasteiger charge is 2.19. The van der Waals surface area contributed by atoms with Crippen LogP contribution in [0.4, 0.5) is 0 Å². The Bertz CT molecular complexity index is 3200. The predicted molar refractivity (Wildman–Crippen MR) is 246 cm³/mol. The van der Waals surface area contributed by atoms with Gasteiger partial charge in [-0.2, -0.15) is 0 Å². The van der Waals surface area contributed by atoms with Crippen LogP contribution < -0.4 is 0 Å². The summed E-state index contributed by atoms with van der Waals surface area (Å²) in [7, 11) is 0. The van der Waals surface area contributed by atoms with Crippen molar-refractivity contribution >= 4 is 21.9 Å². The first kappa shape index (κ1) is 35.8. The fourth-order valence-electron chi connectivity index (χ4n) is 7.93. The van der Waals surface area contributed by atoms with Crippen LogP contribution in [-0.4, -0.2) is 24.9 Å². The number of hydrogen-bond acceptors (Lipinski definition) is 6. The molecule has 0 aliphatic rings. The van der Waals surface area contributed by atoms with Crippen molar-refractivity contribution in [3.8, 4) is 90.3 Å². The number of furan rings is 1. The summed E-state index contributed by atoms with van der Waals surface area (Å²) in [6.45, 7) is 0. The minimum absolute atomic E-state index is 0.603. The Morgan fingerprint density at radius 2 is 0.672 bits per heavy atom. The molecule has 3 aromatic heterocycles. The highest BCUT2D eigenvalue weighted by atomic mass is 16.3. The Labute approximate surface area is 352 Å². The van der Waals surface area contributed by atoms with Crippen molar-refractivity contribution in [3.05, 3.63) is 212 Å². The number of benzene rings is 8. The van der Waals surface area contributed by atoms with Crippen LogP contribution >= 0.6 is 0 Å². The lowest BCUT2D eigenvalue weighted by Gasteiger charge is -2.13. The van der Waals surface area contributed by atoms with Crippen molar-refractivity contribution in [1.29, 1.82) is 0 Å². The molecule has 286 valence electrons. The van der Waals surface area contributed by atoms with E-state index in [9.17, 15) is 0 Å². The molecule has 0 saturated heterocycles. The molecule has 3 heterocycles. The molecule has 0 spiro atoms. The second-order valence-electron chi connectivity index (χ2n) is 14.9. The van der Waals surface area contributed by atoms with Gasteiger partial charge in [0.05, 0.1) is 11.4 Å². The molecule has 11 aromatic rings. The molecule has 6 heteroatoms. The summed E-state index contributed by atoms with van der Waals surface area (Å²) in [4.78, 5) is 25.0. The molecule has 6 nitrogen and oxygen atoms in total. The molecule has 8 aromatic carbocycles. The van der Waals surface area contributed by atoms with E-state index >= 15 is 0 Å². The van der Waals surface area contributed by atoms with Crippen molar-refractivity contribution in [1.82, 2.24) is 24.9 Å². The monoisotopic (exact) mass is 781 g/mol. The zero-order valence-electron chi connectivity index (χ0n) is 32.9. The van der Waals surface area contributed by atoms with Gasteiger partial charge in [-0.1, -0.05) is 194 Å². The highest BCUT2D eigenvalue weighted by Crippen LogP contribution is 2.43. The summed E-state index contributed by atoms with van der Waals surface area (Å²) in [6, 6.07) is 72.2. The van der Waals surface area contributed by atoms with E-state index in [2.05, 4.69) is 103 Å². The second kappa shape index (κ2) is 15.4. The maximum atomic E-state index is 6.69. The molecular weight excluding hydrogens is 747 g/mol. The van der Waals surface area contributed by atoms with E-state index in [0.29, 0.717) is 23.3 Å². The summed E-state index contributed by atoms with van der Waals surface area (Å²) in [6.07, 6.45) is 0. The van der Waals surface area contributed by atoms with Crippen molar-refractivity contribution in [2.45, 2.75) is 0 Å². The number of fused-ring (bicyclic) bond motifs is 3. The zero-order valence-corrected chi connectivity index (χ0v) is 32.9. The van der Waals surface area contributed by atoms with Gasteiger partial charge in [-0.25, -0.2) is 24.9 Å². The Balaban J connectivity index is 1.02. The maximum Gasteiger partial charge on any atom is 0.164 e. The van der Waals surface area contributed by atoms with Gasteiger partial charge in [0, 0.05) is 49.7 Å². The Morgan fingerprint density at radius 1 is 0.279 bits per heavy atom. The SMILES string of the molecule is c1ccc(-c2cc(-c3ccccc3)nc(-c3ccc(-c4ccc5c(oc6ccccc65)c4-c4ccc(-c5nc(-c6ccccc6)nc(-c6ccccc6)n5)cc4)cc3)n2)cc1. The van der Waals surface area contributed by atoms with Crippen molar-refractivity contribution in [2.24, 2.45) is 0 Å². The van der Waals surface area contributed by atoms with Gasteiger partial charge in [-0.05, 0) is 34.9 Å². The smallest absolute Gasteiger partial charge is 0.164 e. The van der Waals surface area contributed by atoms with Crippen LogP contribution in [0.5, 0.6) is 0 Å². The van der Waals surface area contributed by atoms with Crippen LogP contribution in [-0.2, 0) is 0 Å². The number of rotatable bonds is 8. The molecule has 0 atom stereocenters. The predicted octanol–water partition coefficient (Wildman–Crippen LogP) is 13.9. The number of para-hydroxylation sites is 1. The van der Waals surface area contributed by atoms with Crippen LogP contribution in [0.15, 0.2) is 217 Å². The van der Waals surface area contributed by atoms with Crippen molar-refractivity contribution in [2.75, 3.05) is 0 Å². The van der Waals surface area contributed by atoms with Gasteiger partial charge in [0.15, 0.2) is 23.3 Å². The third kappa shape index (κ3) is 6.92. The standard InChI is InChI=1S/C55H35N5O/c1-5-15-37(16-6-1)47-35-48(38-17-7-2-8-18-38)57-52(56-47)42-29-25-36(26-30-42)44-33-34-46-45-23-13-14-24-49(45)61-51(46)50(44)39-27-31-43(32-28-39)55-59-53(40-19-9-3-10-20-40)58-54(60-55)41-21-11-4-12-22-41/h1-35H. The van der Waals surface area contributed by atoms with Gasteiger partial charge in [0.2, 0.25) is 0 Å². The Morgan fingerprint density at radius 3 is 1.18 bits per heavy atom. The van der Waals surface area contributed by atoms with Crippen LogP contribution in [0.3, 0.4) is 0 Å². The lowest BCUT2D eigenvalue weighted by molar-refractivity contribution is 0.670. The van der Waals surface area contributed by atoms with Crippen LogP contribution in [0.25, 0.3) is 112 Å². The van der Waals surface area contributed by atoms with Crippen molar-refractivity contribution in [3.63, 3.8) is 0 Å². The van der Waals surface area contributed by atoms with Crippen LogP contribution in [0.2, 0.25) is 0 Å². The summed E-state index contributed by atoms with van der Waals surface area (Å²) >= 11 is 0. The van der Waals surface area contributed by atoms with Crippen LogP contribution in [0.1, 0.15) is 0 Å². The van der Waals surface area contributed by atoms with E-state index in [4.69, 9.17) is 29.3 Å². The molecule has 11 rings (SSSR count). The molecule has 0 radical (unpaired) electrons. The number of hydrogen-bond donors (Lipinski definition) is 0. The third-order valence-electron chi connectivity index (χ3n) is 11.0. The summed E-state index contributed by atoms with van der Waals surface area (Å²) < 4.78 is 6.69. The lowest BCUT2D eigenvalue weighted by Crippen LogP contribution is -2.00. The average molecular weight is 782 g/mol. The minimum Gasteiger partial charge on any atom is -0.455 e. The van der Waals surface area contributed by atoms with Gasteiger partial charge in [0.1, 0.15) is 11.2 Å². The zero-order chi connectivity index (χ0) is 40.5. The van der Waals surface area contributed by atoms with E-state index in [1.165, 1.54) is 0 Å². The molecule has 0 N–H and O–H groups in total. The van der Waals surface area contributed by atoms with E-state index in [-0.39, 0.29) is 0 Å². The van der Waals surface area contributed by atoms with Crippen LogP contribution in [0, 0.1) is 0 Å². The summed E-state index contributed by atoms with van der Waals surface area (Å²) in [5.41, 5.74) is 13.3. The normalized spacial score (nSPS) is 11.3. The van der Waals surface area contributed by atoms with Crippen molar-refractivity contribution < 1.29 is 4.42 Å². The van der Waals surface area contributed by atoms with Gasteiger partial charge < -0.3 is 4.42 Å². The molecule has 61 heavy (non-hydrogen) atoms. The summed E-state index contributed by atoms with van der Waals surface area (Å²) in [5.74, 6) is 2.52. The molecule has 0 unspecified atom stereocenters. The minimum atomic E-state index is 0.603. The quantitative estimate of drug-likeness (QED) is 0.153. The average Bonchev–Trinajstić information content (AvgIpc) is 3.73. The molecule has 0 saturated carbocycles. The molecule has 0 amide bonds. The molecular formula is C55H35N5O. The van der Waals surface area contributed by atoms with E-state index in [1.807, 2.05) is 109 Å². The summed E-state index contributed by atoms with van der Waals surface area (Å²) in [5, 5.41) is 2.14. The fourth-order valence-corrected chi connectivity index (χ4v) is 7.93. The van der Waals surface area contributed by atoms with Gasteiger partial charge in [0.25, 0.3) is 0 Å². The van der Waals surface area contributed by atoms with E-state index in [1.54, 1.807) is 0 Å². The first-order valence-corrected chi connectivity index (χ1v) is 20.2. The van der Waals surface area contributed by atoms with E-state index < -0.39 is 0 Å². The molecule has 0 fully saturated rings. The fraction of sp³-hybridized carbons (Fsp3) is 0. The van der Waals surface area contributed by atoms with Gasteiger partial charge in [-0.15, -0.1) is 0 Å². The molecule has 0 aliphatic heterocycles. The molecule has 0 bridgehead atoms. The first-order valence-electron chi connectivity index (χ1n) is 20.2. The van der Waals surface area contributed by atoms with Gasteiger partial charge >= 0.3 is 0 Å². The first-order chi connectivity index (χ1) is 30.2. The lowest BCUT2D eigenvalue weighted by atomic mass is 9.91. The largest absolute Gasteiger partial charge is 0.455 e. The van der Waals surface area contributed by atoms with Gasteiger partial charge in [-0.3, -0.25) is 0 Å². The Hall–Kier alpha value is -8.35. The van der Waals surface area contributed by atoms with E-state index in [0.717, 1.165) is 89.0 Å². The topological polar surface area (TPSA) is 77.6 Å². The second-order valence-corrected chi connectivity index (χ2v) is 14.9. The highest BCUT2D eigenvalue weighted by molar-refractivity contribution is 6.12. The Kier molecular flexibility index (Phi) is 9.06. The maximum absolute atomic E-state index is 6.69. The third-order valence-corrected chi connectivity index (χ3v) is 11.0. The number of aromatic nitrogens is 5. The molecule has 0 aliphatic carbocycles. The number of nitrogens with zero attached hydrogens (tertiary/aromatic N) is 5.